The second-order valence-electron chi connectivity index (χ2n) is 5.07. The lowest BCUT2D eigenvalue weighted by Gasteiger charge is -2.17. The van der Waals surface area contributed by atoms with Crippen molar-refractivity contribution >= 4 is 37.1 Å². The van der Waals surface area contributed by atoms with Crippen LogP contribution in [0.1, 0.15) is 13.8 Å². The Kier molecular flexibility index (Phi) is 5.94. The third-order valence-corrected chi connectivity index (χ3v) is 9.02. The zero-order chi connectivity index (χ0) is 17.1. The van der Waals surface area contributed by atoms with Crippen molar-refractivity contribution in [1.29, 1.82) is 0 Å². The molecule has 0 spiro atoms. The Hall–Kier alpha value is -0.830. The zero-order valence-corrected chi connectivity index (χ0v) is 15.7. The lowest BCUT2D eigenvalue weighted by Crippen LogP contribution is -2.12. The average Bonchev–Trinajstić information content (AvgIpc) is 2.55. The van der Waals surface area contributed by atoms with E-state index < -0.39 is 14.7 Å². The first kappa shape index (κ1) is 18.5. The van der Waals surface area contributed by atoms with Crippen LogP contribution in [0.2, 0.25) is 0 Å². The Balaban J connectivity index is 2.51. The van der Waals surface area contributed by atoms with Gasteiger partial charge in [0.25, 0.3) is 0 Å². The summed E-state index contributed by atoms with van der Waals surface area (Å²) in [5, 5.41) is 0.790. The lowest BCUT2D eigenvalue weighted by molar-refractivity contribution is 0.489. The first-order chi connectivity index (χ1) is 10.8. The number of hydrogen-bond acceptors (Lipinski definition) is 3. The van der Waals surface area contributed by atoms with E-state index >= 15 is 0 Å². The minimum Gasteiger partial charge on any atom is -0.341 e. The second kappa shape index (κ2) is 7.38. The summed E-state index contributed by atoms with van der Waals surface area (Å²) >= 11 is 1.26. The van der Waals surface area contributed by atoms with Crippen molar-refractivity contribution in [1.82, 2.24) is 0 Å². The molecule has 0 bridgehead atoms. The fourth-order valence-corrected chi connectivity index (χ4v) is 6.29. The van der Waals surface area contributed by atoms with Gasteiger partial charge in [-0.05, 0) is 24.3 Å². The molecular weight excluding hydrogens is 350 g/mol. The summed E-state index contributed by atoms with van der Waals surface area (Å²) in [6.45, 7) is 3.35. The Labute approximate surface area is 140 Å². The Morgan fingerprint density at radius 1 is 0.783 bits per heavy atom. The number of benzene rings is 2. The summed E-state index contributed by atoms with van der Waals surface area (Å²) in [6.07, 6.45) is 0.305. The quantitative estimate of drug-likeness (QED) is 0.759. The van der Waals surface area contributed by atoms with Gasteiger partial charge in [-0.2, -0.15) is 0 Å². The van der Waals surface area contributed by atoms with Crippen molar-refractivity contribution in [3.05, 3.63) is 48.5 Å². The van der Waals surface area contributed by atoms with Gasteiger partial charge in [0.15, 0.2) is 0 Å². The Bertz CT molecular complexity index is 726. The zero-order valence-electron chi connectivity index (χ0n) is 13.0. The third-order valence-electron chi connectivity index (χ3n) is 3.56. The summed E-state index contributed by atoms with van der Waals surface area (Å²) in [6, 6.07) is 13.9. The molecule has 0 heterocycles. The fraction of sp³-hybridized carbons (Fsp3) is 0.250. The highest BCUT2D eigenvalue weighted by Gasteiger charge is 2.25. The molecule has 0 aliphatic heterocycles. The van der Waals surface area contributed by atoms with Gasteiger partial charge in [0.2, 0.25) is 14.7 Å². The first-order valence-corrected chi connectivity index (χ1v) is 11.8. The van der Waals surface area contributed by atoms with Gasteiger partial charge in [-0.25, -0.2) is 0 Å². The maximum Gasteiger partial charge on any atom is 0.230 e. The monoisotopic (exact) mass is 370 g/mol. The van der Waals surface area contributed by atoms with Crippen LogP contribution in [0.25, 0.3) is 0 Å². The summed E-state index contributed by atoms with van der Waals surface area (Å²) in [7, 11) is -6.83. The molecule has 124 valence electrons. The van der Waals surface area contributed by atoms with E-state index in [9.17, 15) is 18.9 Å². The SMILES string of the molecule is CCP(=O)(O)c1ccccc1Sc1ccccc1P(=O)(O)CC. The van der Waals surface area contributed by atoms with Crippen LogP contribution < -0.4 is 10.6 Å². The molecule has 0 amide bonds. The van der Waals surface area contributed by atoms with Gasteiger partial charge in [-0.1, -0.05) is 49.9 Å². The van der Waals surface area contributed by atoms with Gasteiger partial charge >= 0.3 is 0 Å². The van der Waals surface area contributed by atoms with Crippen molar-refractivity contribution in [3.8, 4) is 0 Å². The Morgan fingerprint density at radius 3 is 1.48 bits per heavy atom. The molecule has 0 radical (unpaired) electrons. The van der Waals surface area contributed by atoms with Crippen molar-refractivity contribution in [3.63, 3.8) is 0 Å². The molecule has 0 aromatic heterocycles. The molecule has 0 saturated heterocycles. The van der Waals surface area contributed by atoms with Crippen molar-refractivity contribution in [2.45, 2.75) is 23.6 Å². The van der Waals surface area contributed by atoms with E-state index in [-0.39, 0.29) is 12.3 Å². The predicted octanol–water partition coefficient (Wildman–Crippen LogP) is 3.67. The van der Waals surface area contributed by atoms with Crippen molar-refractivity contribution < 1.29 is 18.9 Å². The average molecular weight is 370 g/mol. The molecule has 2 unspecified atom stereocenters. The van der Waals surface area contributed by atoms with Crippen LogP contribution in [0, 0.1) is 0 Å². The van der Waals surface area contributed by atoms with Gasteiger partial charge in [0.1, 0.15) is 0 Å². The smallest absolute Gasteiger partial charge is 0.230 e. The van der Waals surface area contributed by atoms with Crippen LogP contribution in [-0.2, 0) is 9.13 Å². The van der Waals surface area contributed by atoms with Crippen LogP contribution in [0.3, 0.4) is 0 Å². The van der Waals surface area contributed by atoms with Crippen LogP contribution in [0.5, 0.6) is 0 Å². The molecule has 0 saturated carbocycles. The number of rotatable bonds is 6. The van der Waals surface area contributed by atoms with E-state index in [2.05, 4.69) is 0 Å². The topological polar surface area (TPSA) is 74.6 Å². The lowest BCUT2D eigenvalue weighted by atomic mass is 10.4. The standard InChI is InChI=1S/C16H20O4P2S/c1-3-21(17,18)13-9-5-7-11-15(13)23-16-12-8-6-10-14(16)22(19,20)4-2/h5-12H,3-4H2,1-2H3,(H,17,18)(H,19,20). The van der Waals surface area contributed by atoms with Gasteiger partial charge in [0.05, 0.1) is 10.6 Å². The molecule has 2 atom stereocenters. The van der Waals surface area contributed by atoms with Gasteiger partial charge in [-0.15, -0.1) is 0 Å². The van der Waals surface area contributed by atoms with Crippen LogP contribution >= 0.6 is 26.5 Å². The van der Waals surface area contributed by atoms with E-state index in [4.69, 9.17) is 0 Å². The summed E-state index contributed by atoms with van der Waals surface area (Å²) in [4.78, 5) is 21.6. The molecule has 23 heavy (non-hydrogen) atoms. The fourth-order valence-electron chi connectivity index (χ4n) is 2.12. The largest absolute Gasteiger partial charge is 0.341 e. The minimum atomic E-state index is -3.42. The molecule has 2 rings (SSSR count). The molecule has 2 aromatic carbocycles. The summed E-state index contributed by atoms with van der Waals surface area (Å²) in [5.41, 5.74) is 0. The molecule has 0 aliphatic rings. The summed E-state index contributed by atoms with van der Waals surface area (Å²) < 4.78 is 24.7. The second-order valence-corrected chi connectivity index (χ2v) is 11.2. The molecule has 4 nitrogen and oxygen atoms in total. The van der Waals surface area contributed by atoms with Gasteiger partial charge in [-0.3, -0.25) is 9.13 Å². The molecular formula is C16H20O4P2S. The highest BCUT2D eigenvalue weighted by Crippen LogP contribution is 2.46. The minimum absolute atomic E-state index is 0.152. The van der Waals surface area contributed by atoms with E-state index in [1.54, 1.807) is 62.4 Å². The first-order valence-electron chi connectivity index (χ1n) is 7.32. The van der Waals surface area contributed by atoms with Gasteiger partial charge < -0.3 is 9.79 Å². The third kappa shape index (κ3) is 4.17. The highest BCUT2D eigenvalue weighted by molar-refractivity contribution is 8.00. The molecule has 0 aliphatic carbocycles. The molecule has 2 N–H and O–H groups in total. The van der Waals surface area contributed by atoms with E-state index in [0.717, 1.165) is 0 Å². The van der Waals surface area contributed by atoms with Crippen LogP contribution in [-0.4, -0.2) is 22.1 Å². The van der Waals surface area contributed by atoms with E-state index in [1.807, 2.05) is 0 Å². The summed E-state index contributed by atoms with van der Waals surface area (Å²) in [5.74, 6) is 0. The van der Waals surface area contributed by atoms with Crippen LogP contribution in [0.15, 0.2) is 58.3 Å². The predicted molar refractivity (Wildman–Crippen MR) is 97.0 cm³/mol. The van der Waals surface area contributed by atoms with Gasteiger partial charge in [0, 0.05) is 22.1 Å². The number of hydrogen-bond donors (Lipinski definition) is 2. The van der Waals surface area contributed by atoms with E-state index in [0.29, 0.717) is 20.4 Å². The van der Waals surface area contributed by atoms with E-state index in [1.165, 1.54) is 11.8 Å². The van der Waals surface area contributed by atoms with Crippen molar-refractivity contribution in [2.75, 3.05) is 12.3 Å². The molecule has 7 heteroatoms. The maximum absolute atomic E-state index is 12.4. The Morgan fingerprint density at radius 2 is 1.13 bits per heavy atom. The molecule has 0 fully saturated rings. The molecule has 2 aromatic rings. The van der Waals surface area contributed by atoms with Crippen LogP contribution in [0.4, 0.5) is 0 Å². The maximum atomic E-state index is 12.4. The van der Waals surface area contributed by atoms with Crippen molar-refractivity contribution in [2.24, 2.45) is 0 Å². The normalized spacial score (nSPS) is 16.5. The highest BCUT2D eigenvalue weighted by atomic mass is 32.2.